The highest BCUT2D eigenvalue weighted by molar-refractivity contribution is 5.36. The van der Waals surface area contributed by atoms with Crippen LogP contribution in [0, 0.1) is 5.82 Å². The number of nitrogens with zero attached hydrogens (tertiary/aromatic N) is 1. The molecule has 2 nitrogen and oxygen atoms in total. The molecule has 0 saturated heterocycles. The summed E-state index contributed by atoms with van der Waals surface area (Å²) in [6, 6.07) is 15.6. The lowest BCUT2D eigenvalue weighted by Gasteiger charge is -2.30. The maximum Gasteiger partial charge on any atom is 0.123 e. The smallest absolute Gasteiger partial charge is 0.123 e. The third-order valence-corrected chi connectivity index (χ3v) is 3.49. The molecule has 0 saturated carbocycles. The Morgan fingerprint density at radius 1 is 0.950 bits per heavy atom. The molecular formula is C17H20FNO. The topological polar surface area (TPSA) is 23.5 Å². The quantitative estimate of drug-likeness (QED) is 0.905. The number of rotatable bonds is 5. The first kappa shape index (κ1) is 14.7. The zero-order valence-corrected chi connectivity index (χ0v) is 11.9. The first-order chi connectivity index (χ1) is 9.52. The van der Waals surface area contributed by atoms with Crippen molar-refractivity contribution in [3.63, 3.8) is 0 Å². The molecule has 0 heterocycles. The van der Waals surface area contributed by atoms with Gasteiger partial charge in [-0.05, 0) is 43.8 Å². The number of benzene rings is 2. The highest BCUT2D eigenvalue weighted by atomic mass is 19.1. The van der Waals surface area contributed by atoms with Gasteiger partial charge in [-0.2, -0.15) is 0 Å². The highest BCUT2D eigenvalue weighted by Crippen LogP contribution is 2.33. The average Bonchev–Trinajstić information content (AvgIpc) is 2.46. The maximum absolute atomic E-state index is 13.1. The summed E-state index contributed by atoms with van der Waals surface area (Å²) in [5.41, 5.74) is 0.444. The van der Waals surface area contributed by atoms with Crippen LogP contribution in [-0.4, -0.2) is 30.6 Å². The molecule has 106 valence electrons. The zero-order valence-electron chi connectivity index (χ0n) is 11.9. The fourth-order valence-electron chi connectivity index (χ4n) is 2.28. The molecule has 0 radical (unpaired) electrons. The molecule has 2 rings (SSSR count). The van der Waals surface area contributed by atoms with E-state index in [0.29, 0.717) is 12.0 Å². The molecule has 0 aliphatic heterocycles. The summed E-state index contributed by atoms with van der Waals surface area (Å²) in [6.07, 6.45) is 0.551. The Balaban J connectivity index is 2.40. The molecule has 2 aromatic rings. The van der Waals surface area contributed by atoms with Crippen LogP contribution in [0.3, 0.4) is 0 Å². The molecule has 1 atom stereocenters. The van der Waals surface area contributed by atoms with E-state index in [1.807, 2.05) is 49.3 Å². The summed E-state index contributed by atoms with van der Waals surface area (Å²) in [5.74, 6) is -0.295. The van der Waals surface area contributed by atoms with E-state index < -0.39 is 5.60 Å². The van der Waals surface area contributed by atoms with Crippen molar-refractivity contribution in [1.82, 2.24) is 4.90 Å². The molecular weight excluding hydrogens is 253 g/mol. The molecule has 0 spiro atoms. The van der Waals surface area contributed by atoms with E-state index in [4.69, 9.17) is 0 Å². The van der Waals surface area contributed by atoms with Crippen molar-refractivity contribution >= 4 is 0 Å². The third kappa shape index (κ3) is 3.24. The Labute approximate surface area is 119 Å². The molecule has 0 aromatic heterocycles. The zero-order chi connectivity index (χ0) is 14.6. The molecule has 1 N–H and O–H groups in total. The van der Waals surface area contributed by atoms with Crippen molar-refractivity contribution in [2.75, 3.05) is 20.6 Å². The molecule has 0 amide bonds. The van der Waals surface area contributed by atoms with E-state index >= 15 is 0 Å². The van der Waals surface area contributed by atoms with Crippen LogP contribution in [0.15, 0.2) is 54.6 Å². The predicted octanol–water partition coefficient (Wildman–Crippen LogP) is 3.01. The van der Waals surface area contributed by atoms with Crippen LogP contribution in [0.25, 0.3) is 0 Å². The minimum atomic E-state index is -1.10. The second-order valence-corrected chi connectivity index (χ2v) is 5.29. The summed E-state index contributed by atoms with van der Waals surface area (Å²) >= 11 is 0. The fourth-order valence-corrected chi connectivity index (χ4v) is 2.28. The minimum Gasteiger partial charge on any atom is -0.380 e. The second-order valence-electron chi connectivity index (χ2n) is 5.29. The Morgan fingerprint density at radius 3 is 2.05 bits per heavy atom. The van der Waals surface area contributed by atoms with E-state index in [9.17, 15) is 9.50 Å². The summed E-state index contributed by atoms with van der Waals surface area (Å²) in [4.78, 5) is 2.03. The van der Waals surface area contributed by atoms with Crippen molar-refractivity contribution < 1.29 is 9.50 Å². The van der Waals surface area contributed by atoms with Gasteiger partial charge in [0.15, 0.2) is 0 Å². The van der Waals surface area contributed by atoms with Gasteiger partial charge in [0.25, 0.3) is 0 Å². The Morgan fingerprint density at radius 2 is 1.50 bits per heavy atom. The molecule has 0 bridgehead atoms. The lowest BCUT2D eigenvalue weighted by molar-refractivity contribution is 0.0628. The minimum absolute atomic E-state index is 0.295. The van der Waals surface area contributed by atoms with Gasteiger partial charge in [0.2, 0.25) is 0 Å². The Bertz CT molecular complexity index is 539. The normalized spacial score (nSPS) is 14.2. The van der Waals surface area contributed by atoms with Crippen LogP contribution >= 0.6 is 0 Å². The molecule has 0 aliphatic rings. The largest absolute Gasteiger partial charge is 0.380 e. The standard InChI is InChI=1S/C17H20FNO/c1-19(2)13-12-17(20,14-6-4-3-5-7-14)15-8-10-16(18)11-9-15/h3-11,20H,12-13H2,1-2H3. The van der Waals surface area contributed by atoms with Gasteiger partial charge in [-0.15, -0.1) is 0 Å². The van der Waals surface area contributed by atoms with Crippen LogP contribution in [0.5, 0.6) is 0 Å². The van der Waals surface area contributed by atoms with Gasteiger partial charge >= 0.3 is 0 Å². The average molecular weight is 273 g/mol. The lowest BCUT2D eigenvalue weighted by Crippen LogP contribution is -2.31. The van der Waals surface area contributed by atoms with E-state index in [1.165, 1.54) is 12.1 Å². The van der Waals surface area contributed by atoms with Crippen molar-refractivity contribution in [3.8, 4) is 0 Å². The highest BCUT2D eigenvalue weighted by Gasteiger charge is 2.31. The molecule has 0 aliphatic carbocycles. The van der Waals surface area contributed by atoms with E-state index in [0.717, 1.165) is 12.1 Å². The Hall–Kier alpha value is -1.71. The lowest BCUT2D eigenvalue weighted by atomic mass is 9.83. The molecule has 1 unspecified atom stereocenters. The Kier molecular flexibility index (Phi) is 4.53. The van der Waals surface area contributed by atoms with Crippen molar-refractivity contribution in [2.24, 2.45) is 0 Å². The van der Waals surface area contributed by atoms with E-state index in [2.05, 4.69) is 0 Å². The SMILES string of the molecule is CN(C)CCC(O)(c1ccccc1)c1ccc(F)cc1. The predicted molar refractivity (Wildman–Crippen MR) is 79.0 cm³/mol. The van der Waals surface area contributed by atoms with Crippen LogP contribution < -0.4 is 0 Å². The maximum atomic E-state index is 13.1. The van der Waals surface area contributed by atoms with Gasteiger partial charge in [-0.1, -0.05) is 42.5 Å². The monoisotopic (exact) mass is 273 g/mol. The van der Waals surface area contributed by atoms with Crippen molar-refractivity contribution in [3.05, 3.63) is 71.5 Å². The van der Waals surface area contributed by atoms with Gasteiger partial charge in [-0.3, -0.25) is 0 Å². The number of aliphatic hydroxyl groups is 1. The van der Waals surface area contributed by atoms with Gasteiger partial charge in [-0.25, -0.2) is 4.39 Å². The third-order valence-electron chi connectivity index (χ3n) is 3.49. The number of hydrogen-bond acceptors (Lipinski definition) is 2. The molecule has 3 heteroatoms. The summed E-state index contributed by atoms with van der Waals surface area (Å²) in [5, 5.41) is 11.1. The fraction of sp³-hybridized carbons (Fsp3) is 0.294. The van der Waals surface area contributed by atoms with Crippen LogP contribution in [-0.2, 0) is 5.60 Å². The van der Waals surface area contributed by atoms with Crippen LogP contribution in [0.2, 0.25) is 0 Å². The number of hydrogen-bond donors (Lipinski definition) is 1. The van der Waals surface area contributed by atoms with Crippen LogP contribution in [0.4, 0.5) is 4.39 Å². The molecule has 20 heavy (non-hydrogen) atoms. The second kappa shape index (κ2) is 6.16. The van der Waals surface area contributed by atoms with Crippen molar-refractivity contribution in [1.29, 1.82) is 0 Å². The van der Waals surface area contributed by atoms with Gasteiger partial charge in [0, 0.05) is 6.54 Å². The van der Waals surface area contributed by atoms with E-state index in [-0.39, 0.29) is 5.82 Å². The van der Waals surface area contributed by atoms with Crippen molar-refractivity contribution in [2.45, 2.75) is 12.0 Å². The summed E-state index contributed by atoms with van der Waals surface area (Å²) in [7, 11) is 3.94. The first-order valence-corrected chi connectivity index (χ1v) is 6.71. The van der Waals surface area contributed by atoms with Gasteiger partial charge < -0.3 is 10.0 Å². The van der Waals surface area contributed by atoms with E-state index in [1.54, 1.807) is 12.1 Å². The molecule has 0 fully saturated rings. The summed E-state index contributed by atoms with van der Waals surface area (Å²) in [6.45, 7) is 0.739. The van der Waals surface area contributed by atoms with Gasteiger partial charge in [0.05, 0.1) is 0 Å². The summed E-state index contributed by atoms with van der Waals surface area (Å²) < 4.78 is 13.1. The molecule has 2 aromatic carbocycles. The number of halogens is 1. The first-order valence-electron chi connectivity index (χ1n) is 6.71. The van der Waals surface area contributed by atoms with Gasteiger partial charge in [0.1, 0.15) is 11.4 Å². The van der Waals surface area contributed by atoms with Crippen LogP contribution in [0.1, 0.15) is 17.5 Å².